The Morgan fingerprint density at radius 3 is 3.21 bits per heavy atom. The molecule has 1 aromatic heterocycles. The number of nitrogens with zero attached hydrogens (tertiary/aromatic N) is 2. The van der Waals surface area contributed by atoms with Gasteiger partial charge in [-0.1, -0.05) is 6.92 Å². The van der Waals surface area contributed by atoms with Crippen LogP contribution in [0.25, 0.3) is 0 Å². The fourth-order valence-corrected chi connectivity index (χ4v) is 2.01. The van der Waals surface area contributed by atoms with E-state index in [1.807, 2.05) is 25.1 Å². The lowest BCUT2D eigenvalue weighted by Crippen LogP contribution is -2.13. The molecule has 2 N–H and O–H groups in total. The number of carbonyl (C=O) groups is 1. The molecule has 0 bridgehead atoms. The van der Waals surface area contributed by atoms with Crippen LogP contribution in [0.1, 0.15) is 28.9 Å². The van der Waals surface area contributed by atoms with Crippen LogP contribution in [0, 0.1) is 0 Å². The molecule has 1 amide bonds. The van der Waals surface area contributed by atoms with Crippen LogP contribution in [0.3, 0.4) is 0 Å². The van der Waals surface area contributed by atoms with Gasteiger partial charge in [-0.05, 0) is 23.8 Å². The number of fused-ring (bicyclic) bond motifs is 1. The average molecular weight is 258 g/mol. The van der Waals surface area contributed by atoms with Gasteiger partial charge in [0.25, 0.3) is 5.91 Å². The van der Waals surface area contributed by atoms with E-state index in [0.29, 0.717) is 12.4 Å². The third-order valence-corrected chi connectivity index (χ3v) is 3.02. The molecule has 1 aliphatic heterocycles. The van der Waals surface area contributed by atoms with Crippen LogP contribution in [-0.4, -0.2) is 27.7 Å². The highest BCUT2D eigenvalue weighted by atomic mass is 16.5. The van der Waals surface area contributed by atoms with Crippen molar-refractivity contribution in [3.8, 4) is 5.75 Å². The van der Waals surface area contributed by atoms with E-state index in [1.165, 1.54) is 0 Å². The van der Waals surface area contributed by atoms with E-state index in [-0.39, 0.29) is 11.7 Å². The number of H-pyrrole nitrogens is 1. The molecule has 0 saturated heterocycles. The maximum absolute atomic E-state index is 12.0. The van der Waals surface area contributed by atoms with E-state index in [1.54, 1.807) is 0 Å². The molecule has 0 unspecified atom stereocenters. The number of anilines is 1. The third kappa shape index (κ3) is 2.29. The zero-order valence-corrected chi connectivity index (χ0v) is 10.6. The Labute approximate surface area is 110 Å². The number of nitrogens with one attached hydrogen (secondary N) is 2. The predicted molar refractivity (Wildman–Crippen MR) is 69.4 cm³/mol. The normalized spacial score (nSPS) is 12.9. The second-order valence-corrected chi connectivity index (χ2v) is 4.33. The first kappa shape index (κ1) is 11.7. The first-order chi connectivity index (χ1) is 9.26. The summed E-state index contributed by atoms with van der Waals surface area (Å²) in [5.41, 5.74) is 1.85. The van der Waals surface area contributed by atoms with Crippen LogP contribution >= 0.6 is 0 Å². The minimum Gasteiger partial charge on any atom is -0.493 e. The molecule has 98 valence electrons. The van der Waals surface area contributed by atoms with Gasteiger partial charge >= 0.3 is 0 Å². The van der Waals surface area contributed by atoms with Crippen LogP contribution in [0.2, 0.25) is 0 Å². The first-order valence-electron chi connectivity index (χ1n) is 6.24. The van der Waals surface area contributed by atoms with E-state index in [4.69, 9.17) is 4.74 Å². The van der Waals surface area contributed by atoms with Crippen LogP contribution in [-0.2, 0) is 12.8 Å². The number of aromatic amines is 1. The summed E-state index contributed by atoms with van der Waals surface area (Å²) in [5, 5.41) is 9.39. The number of carbonyl (C=O) groups excluding carboxylic acids is 1. The van der Waals surface area contributed by atoms with Gasteiger partial charge in [0.15, 0.2) is 0 Å². The summed E-state index contributed by atoms with van der Waals surface area (Å²) in [5.74, 6) is 1.44. The summed E-state index contributed by atoms with van der Waals surface area (Å²) in [4.78, 5) is 16.1. The molecule has 3 rings (SSSR count). The molecule has 6 nitrogen and oxygen atoms in total. The zero-order chi connectivity index (χ0) is 13.2. The van der Waals surface area contributed by atoms with Gasteiger partial charge in [0.2, 0.25) is 5.82 Å². The lowest BCUT2D eigenvalue weighted by molar-refractivity contribution is 0.101. The quantitative estimate of drug-likeness (QED) is 0.875. The highest BCUT2D eigenvalue weighted by Gasteiger charge is 2.15. The number of aryl methyl sites for hydroxylation is 1. The molecule has 2 heterocycles. The molecule has 0 saturated carbocycles. The molecule has 0 atom stereocenters. The van der Waals surface area contributed by atoms with E-state index < -0.39 is 0 Å². The van der Waals surface area contributed by atoms with Gasteiger partial charge in [-0.2, -0.15) is 0 Å². The number of rotatable bonds is 3. The number of ether oxygens (including phenoxy) is 1. The van der Waals surface area contributed by atoms with Gasteiger partial charge in [0, 0.05) is 18.5 Å². The molecular formula is C13H14N4O2. The van der Waals surface area contributed by atoms with Crippen molar-refractivity contribution in [3.05, 3.63) is 35.4 Å². The fourth-order valence-electron chi connectivity index (χ4n) is 2.01. The van der Waals surface area contributed by atoms with E-state index >= 15 is 0 Å². The van der Waals surface area contributed by atoms with E-state index in [9.17, 15) is 4.79 Å². The van der Waals surface area contributed by atoms with Crippen molar-refractivity contribution in [3.63, 3.8) is 0 Å². The molecule has 0 aliphatic carbocycles. The summed E-state index contributed by atoms with van der Waals surface area (Å²) >= 11 is 0. The number of amides is 1. The molecule has 6 heteroatoms. The Morgan fingerprint density at radius 1 is 1.53 bits per heavy atom. The molecular weight excluding hydrogens is 244 g/mol. The van der Waals surface area contributed by atoms with Crippen molar-refractivity contribution < 1.29 is 9.53 Å². The third-order valence-electron chi connectivity index (χ3n) is 3.02. The van der Waals surface area contributed by atoms with Crippen LogP contribution in [0.5, 0.6) is 5.75 Å². The summed E-state index contributed by atoms with van der Waals surface area (Å²) < 4.78 is 5.42. The Hall–Kier alpha value is -2.37. The van der Waals surface area contributed by atoms with Gasteiger partial charge in [-0.15, -0.1) is 5.10 Å². The maximum Gasteiger partial charge on any atom is 0.295 e. The SMILES string of the molecule is CCc1nc(C(=O)Nc2ccc3c(c2)CCO3)n[nH]1. The molecule has 0 fully saturated rings. The maximum atomic E-state index is 12.0. The number of hydrogen-bond acceptors (Lipinski definition) is 4. The van der Waals surface area contributed by atoms with Crippen molar-refractivity contribution in [2.75, 3.05) is 11.9 Å². The Morgan fingerprint density at radius 2 is 2.42 bits per heavy atom. The van der Waals surface area contributed by atoms with Gasteiger partial charge in [-0.25, -0.2) is 4.98 Å². The Bertz CT molecular complexity index is 621. The van der Waals surface area contributed by atoms with Gasteiger partial charge in [0.05, 0.1) is 6.61 Å². The lowest BCUT2D eigenvalue weighted by atomic mass is 10.1. The standard InChI is InChI=1S/C13H14N4O2/c1-2-11-15-12(17-16-11)13(18)14-9-3-4-10-8(7-9)5-6-19-10/h3-4,7H,2,5-6H2,1H3,(H,14,18)(H,15,16,17). The summed E-state index contributed by atoms with van der Waals surface area (Å²) in [6.07, 6.45) is 1.59. The second-order valence-electron chi connectivity index (χ2n) is 4.33. The summed E-state index contributed by atoms with van der Waals surface area (Å²) in [6.45, 7) is 2.65. The molecule has 0 spiro atoms. The van der Waals surface area contributed by atoms with Gasteiger partial charge in [0.1, 0.15) is 11.6 Å². The van der Waals surface area contributed by atoms with Crippen LogP contribution in [0.4, 0.5) is 5.69 Å². The average Bonchev–Trinajstić information content (AvgIpc) is 3.06. The van der Waals surface area contributed by atoms with E-state index in [2.05, 4.69) is 20.5 Å². The lowest BCUT2D eigenvalue weighted by Gasteiger charge is -2.04. The Kier molecular flexibility index (Phi) is 2.91. The minimum atomic E-state index is -0.310. The van der Waals surface area contributed by atoms with Crippen LogP contribution in [0.15, 0.2) is 18.2 Å². The monoisotopic (exact) mass is 258 g/mol. The number of aromatic nitrogens is 3. The molecule has 19 heavy (non-hydrogen) atoms. The smallest absolute Gasteiger partial charge is 0.295 e. The highest BCUT2D eigenvalue weighted by molar-refractivity contribution is 6.01. The van der Waals surface area contributed by atoms with E-state index in [0.717, 1.165) is 29.8 Å². The van der Waals surface area contributed by atoms with Crippen molar-refractivity contribution in [2.45, 2.75) is 19.8 Å². The van der Waals surface area contributed by atoms with Crippen molar-refractivity contribution in [2.24, 2.45) is 0 Å². The summed E-state index contributed by atoms with van der Waals surface area (Å²) in [7, 11) is 0. The molecule has 2 aromatic rings. The first-order valence-corrected chi connectivity index (χ1v) is 6.24. The zero-order valence-electron chi connectivity index (χ0n) is 10.6. The molecule has 0 radical (unpaired) electrons. The van der Waals surface area contributed by atoms with Crippen LogP contribution < -0.4 is 10.1 Å². The topological polar surface area (TPSA) is 79.9 Å². The predicted octanol–water partition coefficient (Wildman–Crippen LogP) is 1.55. The number of hydrogen-bond donors (Lipinski definition) is 2. The largest absolute Gasteiger partial charge is 0.493 e. The minimum absolute atomic E-state index is 0.161. The van der Waals surface area contributed by atoms with Crippen molar-refractivity contribution >= 4 is 11.6 Å². The fraction of sp³-hybridized carbons (Fsp3) is 0.308. The highest BCUT2D eigenvalue weighted by Crippen LogP contribution is 2.27. The Balaban J connectivity index is 1.75. The van der Waals surface area contributed by atoms with Gasteiger partial charge in [-0.3, -0.25) is 9.89 Å². The van der Waals surface area contributed by atoms with Crippen molar-refractivity contribution in [1.82, 2.24) is 15.2 Å². The molecule has 1 aliphatic rings. The second kappa shape index (κ2) is 4.72. The number of benzene rings is 1. The van der Waals surface area contributed by atoms with Gasteiger partial charge < -0.3 is 10.1 Å². The molecule has 1 aromatic carbocycles. The summed E-state index contributed by atoms with van der Waals surface area (Å²) in [6, 6.07) is 5.61. The van der Waals surface area contributed by atoms with Crippen molar-refractivity contribution in [1.29, 1.82) is 0 Å².